The summed E-state index contributed by atoms with van der Waals surface area (Å²) in [6, 6.07) is 12.1. The van der Waals surface area contributed by atoms with Gasteiger partial charge in [-0.05, 0) is 98.3 Å². The minimum atomic E-state index is -4.21. The summed E-state index contributed by atoms with van der Waals surface area (Å²) < 4.78 is 43.1. The number of carbonyl (C=O) groups is 1. The van der Waals surface area contributed by atoms with Crippen LogP contribution in [0.3, 0.4) is 0 Å². The molecule has 4 aliphatic carbocycles. The molecule has 7 heteroatoms. The Hall–Kier alpha value is -2.25. The average Bonchev–Trinajstić information content (AvgIpc) is 2.82. The zero-order chi connectivity index (χ0) is 24.4. The maximum atomic E-state index is 14.6. The highest BCUT2D eigenvalue weighted by Crippen LogP contribution is 2.61. The Morgan fingerprint density at radius 2 is 1.54 bits per heavy atom. The van der Waals surface area contributed by atoms with E-state index in [-0.39, 0.29) is 35.2 Å². The number of halogens is 1. The molecular weight excluding hydrogens is 463 g/mol. The van der Waals surface area contributed by atoms with Crippen LogP contribution in [-0.2, 0) is 27.8 Å². The minimum Gasteiger partial charge on any atom is -0.352 e. The maximum absolute atomic E-state index is 14.6. The first kappa shape index (κ1) is 23.2. The Balaban J connectivity index is 1.30. The molecule has 1 N–H and O–H groups in total. The average molecular weight is 497 g/mol. The van der Waals surface area contributed by atoms with Gasteiger partial charge in [0.05, 0.1) is 0 Å². The lowest BCUT2D eigenvalue weighted by Gasteiger charge is -2.59. The van der Waals surface area contributed by atoms with E-state index in [1.807, 2.05) is 24.3 Å². The molecule has 7 rings (SSSR count). The predicted molar refractivity (Wildman–Crippen MR) is 131 cm³/mol. The molecule has 4 saturated carbocycles. The third kappa shape index (κ3) is 3.91. The zero-order valence-corrected chi connectivity index (χ0v) is 20.9. The monoisotopic (exact) mass is 496 g/mol. The highest BCUT2D eigenvalue weighted by molar-refractivity contribution is 7.89. The van der Waals surface area contributed by atoms with Crippen molar-refractivity contribution in [3.8, 4) is 0 Å². The molecule has 1 heterocycles. The number of amides is 1. The fourth-order valence-corrected chi connectivity index (χ4v) is 9.56. The summed E-state index contributed by atoms with van der Waals surface area (Å²) in [5.74, 6) is 1.22. The summed E-state index contributed by atoms with van der Waals surface area (Å²) in [4.78, 5) is 13.4. The van der Waals surface area contributed by atoms with Gasteiger partial charge < -0.3 is 5.32 Å². The second kappa shape index (κ2) is 8.41. The van der Waals surface area contributed by atoms with E-state index >= 15 is 0 Å². The molecule has 2 aromatic rings. The molecule has 2 aromatic carbocycles. The van der Waals surface area contributed by atoms with Crippen molar-refractivity contribution < 1.29 is 17.6 Å². The number of carbonyl (C=O) groups excluding carboxylic acids is 1. The Morgan fingerprint density at radius 3 is 2.17 bits per heavy atom. The lowest BCUT2D eigenvalue weighted by molar-refractivity contribution is -0.130. The smallest absolute Gasteiger partial charge is 0.247 e. The van der Waals surface area contributed by atoms with Crippen molar-refractivity contribution in [3.63, 3.8) is 0 Å². The normalized spacial score (nSPS) is 32.7. The second-order valence-corrected chi connectivity index (χ2v) is 13.3. The Morgan fingerprint density at radius 1 is 0.971 bits per heavy atom. The highest BCUT2D eigenvalue weighted by atomic mass is 32.2. The highest BCUT2D eigenvalue weighted by Gasteiger charge is 2.54. The molecule has 0 aromatic heterocycles. The van der Waals surface area contributed by atoms with E-state index in [4.69, 9.17) is 0 Å². The molecule has 5 nitrogen and oxygen atoms in total. The lowest BCUT2D eigenvalue weighted by Crippen LogP contribution is -2.59. The molecule has 0 radical (unpaired) electrons. The topological polar surface area (TPSA) is 66.5 Å². The van der Waals surface area contributed by atoms with Gasteiger partial charge in [0.2, 0.25) is 15.9 Å². The first-order valence-electron chi connectivity index (χ1n) is 12.9. The molecule has 5 aliphatic rings. The van der Waals surface area contributed by atoms with Crippen LogP contribution in [0.1, 0.15) is 56.6 Å². The van der Waals surface area contributed by atoms with Crippen molar-refractivity contribution in [1.82, 2.24) is 9.62 Å². The number of rotatable bonds is 5. The number of hydrogen-bond acceptors (Lipinski definition) is 3. The van der Waals surface area contributed by atoms with Gasteiger partial charge in [-0.2, -0.15) is 4.31 Å². The second-order valence-electron chi connectivity index (χ2n) is 11.5. The molecule has 2 atom stereocenters. The quantitative estimate of drug-likeness (QED) is 0.655. The molecule has 4 bridgehead atoms. The van der Waals surface area contributed by atoms with Crippen LogP contribution in [0.25, 0.3) is 0 Å². The van der Waals surface area contributed by atoms with Gasteiger partial charge in [-0.15, -0.1) is 0 Å². The van der Waals surface area contributed by atoms with Gasteiger partial charge in [-0.25, -0.2) is 12.8 Å². The molecule has 35 heavy (non-hydrogen) atoms. The van der Waals surface area contributed by atoms with E-state index in [9.17, 15) is 17.6 Å². The third-order valence-corrected chi connectivity index (χ3v) is 11.2. The fraction of sp³-hybridized carbons (Fsp3) is 0.536. The van der Waals surface area contributed by atoms with Crippen LogP contribution in [0.15, 0.2) is 53.4 Å². The van der Waals surface area contributed by atoms with Gasteiger partial charge >= 0.3 is 0 Å². The number of hydrogen-bond donors (Lipinski definition) is 1. The first-order valence-corrected chi connectivity index (χ1v) is 14.3. The lowest BCUT2D eigenvalue weighted by atomic mass is 9.48. The Bertz CT molecular complexity index is 1230. The SMILES string of the molecule is C[C@@H](NC(=O)[C@@H]1Cc2ccccc2CN1S(=O)(=O)c1ccccc1F)C12CC3CC(CC(C3)C1)C2. The van der Waals surface area contributed by atoms with Crippen molar-refractivity contribution in [1.29, 1.82) is 0 Å². The van der Waals surface area contributed by atoms with E-state index in [0.29, 0.717) is 0 Å². The molecular formula is C28H33FN2O3S. The van der Waals surface area contributed by atoms with Crippen LogP contribution in [0.4, 0.5) is 4.39 Å². The van der Waals surface area contributed by atoms with Crippen molar-refractivity contribution in [2.45, 2.75) is 75.4 Å². The van der Waals surface area contributed by atoms with Gasteiger partial charge in [0, 0.05) is 12.6 Å². The van der Waals surface area contributed by atoms with E-state index < -0.39 is 21.9 Å². The molecule has 1 aliphatic heterocycles. The maximum Gasteiger partial charge on any atom is 0.247 e. The number of nitrogens with zero attached hydrogens (tertiary/aromatic N) is 1. The van der Waals surface area contributed by atoms with Crippen molar-refractivity contribution >= 4 is 15.9 Å². The predicted octanol–water partition coefficient (Wildman–Crippen LogP) is 4.66. The molecule has 0 unspecified atom stereocenters. The third-order valence-electron chi connectivity index (χ3n) is 9.29. The Labute approximate surface area is 207 Å². The van der Waals surface area contributed by atoms with Gasteiger partial charge in [-0.1, -0.05) is 36.4 Å². The van der Waals surface area contributed by atoms with Crippen LogP contribution >= 0.6 is 0 Å². The molecule has 186 valence electrons. The summed E-state index contributed by atoms with van der Waals surface area (Å²) >= 11 is 0. The molecule has 0 spiro atoms. The molecule has 1 amide bonds. The van der Waals surface area contributed by atoms with Crippen molar-refractivity contribution in [3.05, 3.63) is 65.5 Å². The largest absolute Gasteiger partial charge is 0.352 e. The zero-order valence-electron chi connectivity index (χ0n) is 20.1. The molecule has 0 saturated heterocycles. The number of fused-ring (bicyclic) bond motifs is 1. The summed E-state index contributed by atoms with van der Waals surface area (Å²) in [5.41, 5.74) is 1.94. The van der Waals surface area contributed by atoms with Crippen molar-refractivity contribution in [2.24, 2.45) is 23.2 Å². The van der Waals surface area contributed by atoms with Crippen LogP contribution in [-0.4, -0.2) is 30.7 Å². The van der Waals surface area contributed by atoms with Crippen LogP contribution in [0, 0.1) is 29.0 Å². The van der Waals surface area contributed by atoms with Gasteiger partial charge in [0.25, 0.3) is 0 Å². The van der Waals surface area contributed by atoms with E-state index in [2.05, 4.69) is 12.2 Å². The first-order chi connectivity index (χ1) is 16.7. The van der Waals surface area contributed by atoms with Crippen LogP contribution < -0.4 is 5.32 Å². The number of benzene rings is 2. The van der Waals surface area contributed by atoms with Crippen LogP contribution in [0.2, 0.25) is 0 Å². The number of sulfonamides is 1. The van der Waals surface area contributed by atoms with E-state index in [1.165, 1.54) is 41.8 Å². The Kier molecular flexibility index (Phi) is 5.57. The van der Waals surface area contributed by atoms with Gasteiger partial charge in [0.1, 0.15) is 16.8 Å². The molecule has 4 fully saturated rings. The summed E-state index contributed by atoms with van der Waals surface area (Å²) in [6.07, 6.45) is 7.74. The summed E-state index contributed by atoms with van der Waals surface area (Å²) in [5, 5.41) is 3.27. The summed E-state index contributed by atoms with van der Waals surface area (Å²) in [6.45, 7) is 2.16. The van der Waals surface area contributed by atoms with Crippen molar-refractivity contribution in [2.75, 3.05) is 0 Å². The fourth-order valence-electron chi connectivity index (χ4n) is 7.93. The minimum absolute atomic E-state index is 0.0152. The standard InChI is InChI=1S/C28H33FN2O3S/c1-18(28-14-19-10-20(15-28)12-21(11-19)16-28)30-27(32)25-13-22-6-2-3-7-23(22)17-31(25)35(33,34)26-9-5-4-8-24(26)29/h2-9,18-21,25H,10-17H2,1H3,(H,30,32)/t18-,19?,20?,21?,25+,28?/m1/s1. The summed E-state index contributed by atoms with van der Waals surface area (Å²) in [7, 11) is -4.21. The van der Waals surface area contributed by atoms with Gasteiger partial charge in [-0.3, -0.25) is 4.79 Å². The van der Waals surface area contributed by atoms with Crippen LogP contribution in [0.5, 0.6) is 0 Å². The van der Waals surface area contributed by atoms with E-state index in [1.54, 1.807) is 0 Å². The van der Waals surface area contributed by atoms with Gasteiger partial charge in [0.15, 0.2) is 0 Å². The number of nitrogens with one attached hydrogen (secondary N) is 1. The van der Waals surface area contributed by atoms with E-state index in [0.717, 1.165) is 54.2 Å².